The number of carboxylic acids is 1. The number of fused-ring (bicyclic) bond motifs is 2. The number of ether oxygens (including phenoxy) is 2. The van der Waals surface area contributed by atoms with Crippen LogP contribution in [0, 0.1) is 0 Å². The molecule has 112 valence electrons. The zero-order chi connectivity index (χ0) is 15.1. The summed E-state index contributed by atoms with van der Waals surface area (Å²) in [6, 6.07) is 11.3. The van der Waals surface area contributed by atoms with Crippen LogP contribution in [-0.2, 0) is 11.2 Å². The number of carboxylic acid groups (broad SMARTS) is 1. The summed E-state index contributed by atoms with van der Waals surface area (Å²) in [7, 11) is 0. The Kier molecular flexibility index (Phi) is 3.10. The summed E-state index contributed by atoms with van der Waals surface area (Å²) in [4.78, 5) is 11.8. The number of hydrogen-bond donors (Lipinski definition) is 2. The summed E-state index contributed by atoms with van der Waals surface area (Å²) in [5, 5.41) is 12.9. The molecule has 1 atom stereocenters. The summed E-state index contributed by atoms with van der Waals surface area (Å²) >= 11 is 0. The van der Waals surface area contributed by atoms with Gasteiger partial charge in [-0.25, -0.2) is 4.79 Å². The molecule has 0 spiro atoms. The predicted octanol–water partition coefficient (Wildman–Crippen LogP) is 2.70. The highest BCUT2D eigenvalue weighted by atomic mass is 16.5. The van der Waals surface area contributed by atoms with Crippen LogP contribution >= 0.6 is 0 Å². The van der Waals surface area contributed by atoms with Gasteiger partial charge in [-0.2, -0.15) is 0 Å². The summed E-state index contributed by atoms with van der Waals surface area (Å²) in [6.07, 6.45) is 0.182. The van der Waals surface area contributed by atoms with Crippen LogP contribution in [0.5, 0.6) is 11.5 Å². The smallest absolute Gasteiger partial charge is 0.336 e. The first-order valence-corrected chi connectivity index (χ1v) is 7.24. The van der Waals surface area contributed by atoms with Crippen molar-refractivity contribution >= 4 is 5.97 Å². The fourth-order valence-electron chi connectivity index (χ4n) is 3.07. The molecule has 0 radical (unpaired) electrons. The van der Waals surface area contributed by atoms with E-state index in [1.807, 2.05) is 30.3 Å². The Morgan fingerprint density at radius 3 is 2.82 bits per heavy atom. The third kappa shape index (κ3) is 2.06. The van der Waals surface area contributed by atoms with E-state index in [1.54, 1.807) is 6.07 Å². The van der Waals surface area contributed by atoms with Crippen molar-refractivity contribution in [1.29, 1.82) is 0 Å². The Hall–Kier alpha value is -2.37. The standard InChI is InChI=1S/C17H15NO4/c19-17(20)15-11(16-18-7-8-21-16)5-6-14-12(15)9-10-3-1-2-4-13(10)22-14/h1-6,16,18H,7-9H2,(H,19,20). The first-order chi connectivity index (χ1) is 10.7. The first kappa shape index (κ1) is 13.3. The molecule has 0 saturated carbocycles. The Balaban J connectivity index is 1.84. The van der Waals surface area contributed by atoms with Crippen molar-refractivity contribution in [3.63, 3.8) is 0 Å². The lowest BCUT2D eigenvalue weighted by atomic mass is 9.92. The molecule has 2 aromatic carbocycles. The number of nitrogens with one attached hydrogen (secondary N) is 1. The summed E-state index contributed by atoms with van der Waals surface area (Å²) in [5.41, 5.74) is 2.65. The zero-order valence-electron chi connectivity index (χ0n) is 11.8. The summed E-state index contributed by atoms with van der Waals surface area (Å²) < 4.78 is 11.4. The van der Waals surface area contributed by atoms with Crippen LogP contribution < -0.4 is 10.1 Å². The van der Waals surface area contributed by atoms with Gasteiger partial charge in [-0.3, -0.25) is 5.32 Å². The van der Waals surface area contributed by atoms with Crippen LogP contribution in [0.2, 0.25) is 0 Å². The highest BCUT2D eigenvalue weighted by Gasteiger charge is 2.29. The van der Waals surface area contributed by atoms with Gasteiger partial charge >= 0.3 is 5.97 Å². The zero-order valence-corrected chi connectivity index (χ0v) is 11.8. The van der Waals surface area contributed by atoms with Crippen LogP contribution in [0.4, 0.5) is 0 Å². The molecule has 0 aromatic heterocycles. The van der Waals surface area contributed by atoms with E-state index in [4.69, 9.17) is 9.47 Å². The maximum Gasteiger partial charge on any atom is 0.336 e. The normalized spacial score (nSPS) is 19.2. The Bertz CT molecular complexity index is 750. The van der Waals surface area contributed by atoms with E-state index in [-0.39, 0.29) is 11.8 Å². The molecule has 2 aromatic rings. The van der Waals surface area contributed by atoms with E-state index < -0.39 is 5.97 Å². The average Bonchev–Trinajstić information content (AvgIpc) is 3.05. The van der Waals surface area contributed by atoms with Crippen LogP contribution in [-0.4, -0.2) is 24.2 Å². The minimum atomic E-state index is -0.952. The van der Waals surface area contributed by atoms with E-state index >= 15 is 0 Å². The second-order valence-electron chi connectivity index (χ2n) is 5.40. The van der Waals surface area contributed by atoms with Crippen molar-refractivity contribution < 1.29 is 19.4 Å². The number of benzene rings is 2. The fourth-order valence-corrected chi connectivity index (χ4v) is 3.07. The largest absolute Gasteiger partial charge is 0.478 e. The van der Waals surface area contributed by atoms with Gasteiger partial charge in [-0.1, -0.05) is 24.3 Å². The molecule has 0 amide bonds. The molecule has 4 rings (SSSR count). The van der Waals surface area contributed by atoms with E-state index in [0.29, 0.717) is 29.9 Å². The first-order valence-electron chi connectivity index (χ1n) is 7.24. The van der Waals surface area contributed by atoms with Crippen LogP contribution in [0.3, 0.4) is 0 Å². The van der Waals surface area contributed by atoms with E-state index in [2.05, 4.69) is 5.32 Å². The van der Waals surface area contributed by atoms with Gasteiger partial charge in [0.05, 0.1) is 12.2 Å². The van der Waals surface area contributed by atoms with Gasteiger partial charge in [-0.05, 0) is 17.7 Å². The third-order valence-electron chi connectivity index (χ3n) is 4.07. The monoisotopic (exact) mass is 297 g/mol. The lowest BCUT2D eigenvalue weighted by Gasteiger charge is -2.24. The van der Waals surface area contributed by atoms with Gasteiger partial charge in [0, 0.05) is 24.1 Å². The molecule has 1 unspecified atom stereocenters. The van der Waals surface area contributed by atoms with Crippen LogP contribution in [0.25, 0.3) is 0 Å². The summed E-state index contributed by atoms with van der Waals surface area (Å²) in [5.74, 6) is 0.444. The minimum absolute atomic E-state index is 0.284. The maximum absolute atomic E-state index is 11.8. The number of rotatable bonds is 2. The second-order valence-corrected chi connectivity index (χ2v) is 5.40. The average molecular weight is 297 g/mol. The molecule has 2 N–H and O–H groups in total. The molecule has 2 aliphatic rings. The Labute approximate surface area is 127 Å². The molecule has 5 heteroatoms. The van der Waals surface area contributed by atoms with E-state index in [0.717, 1.165) is 17.9 Å². The quantitative estimate of drug-likeness (QED) is 0.761. The lowest BCUT2D eigenvalue weighted by molar-refractivity contribution is 0.0674. The van der Waals surface area contributed by atoms with Crippen molar-refractivity contribution in [3.05, 3.63) is 58.7 Å². The highest BCUT2D eigenvalue weighted by Crippen LogP contribution is 2.40. The van der Waals surface area contributed by atoms with Gasteiger partial charge in [0.1, 0.15) is 17.7 Å². The number of para-hydroxylation sites is 1. The van der Waals surface area contributed by atoms with Crippen molar-refractivity contribution in [3.8, 4) is 11.5 Å². The fraction of sp³-hybridized carbons (Fsp3) is 0.235. The molecule has 22 heavy (non-hydrogen) atoms. The molecule has 1 fully saturated rings. The van der Waals surface area contributed by atoms with Gasteiger partial charge < -0.3 is 14.6 Å². The third-order valence-corrected chi connectivity index (χ3v) is 4.07. The van der Waals surface area contributed by atoms with E-state index in [9.17, 15) is 9.90 Å². The van der Waals surface area contributed by atoms with E-state index in [1.165, 1.54) is 0 Å². The predicted molar refractivity (Wildman–Crippen MR) is 79.4 cm³/mol. The summed E-state index contributed by atoms with van der Waals surface area (Å²) in [6.45, 7) is 1.31. The molecule has 2 aliphatic heterocycles. The highest BCUT2D eigenvalue weighted by molar-refractivity contribution is 5.92. The maximum atomic E-state index is 11.8. The number of hydrogen-bond acceptors (Lipinski definition) is 4. The van der Waals surface area contributed by atoms with Crippen molar-refractivity contribution in [2.24, 2.45) is 0 Å². The van der Waals surface area contributed by atoms with Gasteiger partial charge in [0.2, 0.25) is 0 Å². The van der Waals surface area contributed by atoms with Crippen molar-refractivity contribution in [2.45, 2.75) is 12.6 Å². The topological polar surface area (TPSA) is 67.8 Å². The second kappa shape index (κ2) is 5.12. The number of aromatic carboxylic acids is 1. The Morgan fingerprint density at radius 2 is 2.05 bits per heavy atom. The SMILES string of the molecule is O=C(O)c1c(C2NCCO2)ccc2c1Cc1ccccc1O2. The molecular weight excluding hydrogens is 282 g/mol. The molecular formula is C17H15NO4. The molecule has 5 nitrogen and oxygen atoms in total. The van der Waals surface area contributed by atoms with Crippen LogP contribution in [0.15, 0.2) is 36.4 Å². The molecule has 0 aliphatic carbocycles. The molecule has 2 heterocycles. The van der Waals surface area contributed by atoms with Gasteiger partial charge in [0.15, 0.2) is 0 Å². The Morgan fingerprint density at radius 1 is 1.18 bits per heavy atom. The molecule has 0 bridgehead atoms. The van der Waals surface area contributed by atoms with Crippen molar-refractivity contribution in [1.82, 2.24) is 5.32 Å². The van der Waals surface area contributed by atoms with Gasteiger partial charge in [-0.15, -0.1) is 0 Å². The molecule has 1 saturated heterocycles. The lowest BCUT2D eigenvalue weighted by Crippen LogP contribution is -2.20. The van der Waals surface area contributed by atoms with Crippen molar-refractivity contribution in [2.75, 3.05) is 13.2 Å². The van der Waals surface area contributed by atoms with Gasteiger partial charge in [0.25, 0.3) is 0 Å². The van der Waals surface area contributed by atoms with Crippen LogP contribution in [0.1, 0.15) is 33.3 Å². The minimum Gasteiger partial charge on any atom is -0.478 e. The number of carbonyl (C=O) groups is 1.